The summed E-state index contributed by atoms with van der Waals surface area (Å²) in [5, 5.41) is 9.91. The summed E-state index contributed by atoms with van der Waals surface area (Å²) in [6.45, 7) is 0.423. The molecule has 2 N–H and O–H groups in total. The van der Waals surface area contributed by atoms with Gasteiger partial charge in [-0.2, -0.15) is 0 Å². The molecule has 0 bridgehead atoms. The number of nitrogens with zero attached hydrogens (tertiary/aromatic N) is 2. The maximum Gasteiger partial charge on any atom is 0.244 e. The number of aryl methyl sites for hydroxylation is 1. The number of sulfonamides is 1. The van der Waals surface area contributed by atoms with Crippen LogP contribution < -0.4 is 4.72 Å². The third-order valence-electron chi connectivity index (χ3n) is 3.99. The number of aromatic nitrogens is 2. The fourth-order valence-electron chi connectivity index (χ4n) is 2.77. The van der Waals surface area contributed by atoms with Crippen LogP contribution in [0.25, 0.3) is 0 Å². The van der Waals surface area contributed by atoms with E-state index < -0.39 is 15.8 Å². The molecule has 24 heavy (non-hydrogen) atoms. The second-order valence-corrected chi connectivity index (χ2v) is 7.77. The highest BCUT2D eigenvalue weighted by Crippen LogP contribution is 2.32. The van der Waals surface area contributed by atoms with Crippen LogP contribution in [0.2, 0.25) is 5.02 Å². The second-order valence-electron chi connectivity index (χ2n) is 5.68. The molecule has 3 rings (SSSR count). The molecule has 2 unspecified atom stereocenters. The van der Waals surface area contributed by atoms with Crippen molar-refractivity contribution < 1.29 is 18.3 Å². The number of nitrogens with one attached hydrogen (secondary N) is 1. The predicted molar refractivity (Wildman–Crippen MR) is 88.4 cm³/mol. The van der Waals surface area contributed by atoms with Crippen molar-refractivity contribution in [2.75, 3.05) is 6.61 Å². The van der Waals surface area contributed by atoms with E-state index >= 15 is 0 Å². The van der Waals surface area contributed by atoms with Crippen LogP contribution in [-0.4, -0.2) is 35.7 Å². The molecule has 1 fully saturated rings. The lowest BCUT2D eigenvalue weighted by atomic mass is 10.0. The van der Waals surface area contributed by atoms with Crippen LogP contribution in [0.3, 0.4) is 0 Å². The Balaban J connectivity index is 1.77. The van der Waals surface area contributed by atoms with Crippen molar-refractivity contribution in [2.45, 2.75) is 29.9 Å². The molecular weight excluding hydrogens is 354 g/mol. The zero-order valence-electron chi connectivity index (χ0n) is 13.0. The molecule has 1 saturated heterocycles. The van der Waals surface area contributed by atoms with Crippen molar-refractivity contribution in [1.82, 2.24) is 14.3 Å². The van der Waals surface area contributed by atoms with Crippen LogP contribution in [0, 0.1) is 0 Å². The molecule has 1 aromatic carbocycles. The van der Waals surface area contributed by atoms with Crippen molar-refractivity contribution >= 4 is 21.6 Å². The van der Waals surface area contributed by atoms with Gasteiger partial charge in [-0.3, -0.25) is 0 Å². The van der Waals surface area contributed by atoms with Gasteiger partial charge in [-0.05, 0) is 25.0 Å². The van der Waals surface area contributed by atoms with Gasteiger partial charge in [0.25, 0.3) is 0 Å². The maximum absolute atomic E-state index is 12.5. The van der Waals surface area contributed by atoms with Gasteiger partial charge in [0.1, 0.15) is 16.8 Å². The lowest BCUT2D eigenvalue weighted by Crippen LogP contribution is -2.40. The fraction of sp³-hybridized carbons (Fsp3) is 0.400. The maximum atomic E-state index is 12.5. The first kappa shape index (κ1) is 17.2. The largest absolute Gasteiger partial charge is 0.505 e. The van der Waals surface area contributed by atoms with E-state index in [0.717, 1.165) is 5.82 Å². The van der Waals surface area contributed by atoms with Gasteiger partial charge in [0, 0.05) is 32.1 Å². The van der Waals surface area contributed by atoms with Crippen molar-refractivity contribution in [1.29, 1.82) is 0 Å². The van der Waals surface area contributed by atoms with Gasteiger partial charge in [-0.15, -0.1) is 0 Å². The molecule has 2 heterocycles. The Morgan fingerprint density at radius 1 is 1.46 bits per heavy atom. The van der Waals surface area contributed by atoms with Gasteiger partial charge >= 0.3 is 0 Å². The van der Waals surface area contributed by atoms with Gasteiger partial charge in [0.05, 0.1) is 5.02 Å². The van der Waals surface area contributed by atoms with E-state index in [0.29, 0.717) is 19.4 Å². The van der Waals surface area contributed by atoms with Gasteiger partial charge in [-0.1, -0.05) is 17.7 Å². The zero-order valence-corrected chi connectivity index (χ0v) is 14.6. The minimum atomic E-state index is -3.88. The van der Waals surface area contributed by atoms with Crippen LogP contribution >= 0.6 is 11.6 Å². The second kappa shape index (κ2) is 6.72. The Morgan fingerprint density at radius 3 is 2.96 bits per heavy atom. The Kier molecular flexibility index (Phi) is 4.82. The summed E-state index contributed by atoms with van der Waals surface area (Å²) >= 11 is 5.80. The first-order chi connectivity index (χ1) is 11.4. The number of hydrogen-bond donors (Lipinski definition) is 2. The number of rotatable bonds is 4. The lowest BCUT2D eigenvalue weighted by molar-refractivity contribution is -0.00266. The molecule has 130 valence electrons. The van der Waals surface area contributed by atoms with Crippen molar-refractivity contribution in [2.24, 2.45) is 7.05 Å². The number of halogens is 1. The number of aromatic hydroxyl groups is 1. The van der Waals surface area contributed by atoms with E-state index in [9.17, 15) is 13.5 Å². The lowest BCUT2D eigenvalue weighted by Gasteiger charge is -2.29. The molecule has 2 atom stereocenters. The van der Waals surface area contributed by atoms with Crippen LogP contribution in [0.5, 0.6) is 5.75 Å². The minimum Gasteiger partial charge on any atom is -0.505 e. The summed E-state index contributed by atoms with van der Waals surface area (Å²) in [5.41, 5.74) is 0. The van der Waals surface area contributed by atoms with Crippen LogP contribution in [0.15, 0.2) is 35.5 Å². The van der Waals surface area contributed by atoms with Crippen molar-refractivity contribution in [3.63, 3.8) is 0 Å². The normalized spacial score (nSPS) is 21.8. The molecule has 0 amide bonds. The van der Waals surface area contributed by atoms with Crippen molar-refractivity contribution in [3.05, 3.63) is 41.4 Å². The quantitative estimate of drug-likeness (QED) is 0.857. The molecular formula is C15H18ClN3O4S. The Hall–Kier alpha value is -1.61. The zero-order chi connectivity index (χ0) is 17.3. The predicted octanol–water partition coefficient (Wildman–Crippen LogP) is 1.98. The molecule has 0 saturated carbocycles. The minimum absolute atomic E-state index is 0.00395. The smallest absolute Gasteiger partial charge is 0.244 e. The molecule has 7 nitrogen and oxygen atoms in total. The molecule has 0 radical (unpaired) electrons. The van der Waals surface area contributed by atoms with Crippen LogP contribution in [0.1, 0.15) is 24.8 Å². The van der Waals surface area contributed by atoms with Gasteiger partial charge < -0.3 is 14.4 Å². The molecule has 9 heteroatoms. The van der Waals surface area contributed by atoms with Gasteiger partial charge in [-0.25, -0.2) is 18.1 Å². The molecule has 1 aromatic heterocycles. The average Bonchev–Trinajstić information content (AvgIpc) is 2.96. The number of phenols is 1. The number of para-hydroxylation sites is 1. The van der Waals surface area contributed by atoms with E-state index in [1.807, 2.05) is 17.8 Å². The number of hydrogen-bond acceptors (Lipinski definition) is 5. The van der Waals surface area contributed by atoms with E-state index in [1.54, 1.807) is 6.20 Å². The number of phenolic OH excluding ortho intramolecular Hbond substituents is 1. The molecule has 0 aliphatic carbocycles. The van der Waals surface area contributed by atoms with Gasteiger partial charge in [0.15, 0.2) is 5.75 Å². The highest BCUT2D eigenvalue weighted by molar-refractivity contribution is 7.89. The fourth-order valence-corrected chi connectivity index (χ4v) is 4.40. The summed E-state index contributed by atoms with van der Waals surface area (Å²) < 4.78 is 35.3. The molecule has 2 aromatic rings. The Labute approximate surface area is 145 Å². The Bertz CT molecular complexity index is 837. The standard InChI is InChI=1S/C15H18ClN3O4S/c1-19-7-6-17-15(19)12-9-10(5-8-23-12)18-24(21,22)13-4-2-3-11(16)14(13)20/h2-4,6-7,10,12,18,20H,5,8-9H2,1H3. The SMILES string of the molecule is Cn1ccnc1C1CC(NS(=O)(=O)c2cccc(Cl)c2O)CCO1. The summed E-state index contributed by atoms with van der Waals surface area (Å²) in [6.07, 6.45) is 4.22. The highest BCUT2D eigenvalue weighted by Gasteiger charge is 2.31. The summed E-state index contributed by atoms with van der Waals surface area (Å²) in [4.78, 5) is 4.03. The first-order valence-corrected chi connectivity index (χ1v) is 9.33. The van der Waals surface area contributed by atoms with Crippen molar-refractivity contribution in [3.8, 4) is 5.75 Å². The third kappa shape index (κ3) is 3.41. The topological polar surface area (TPSA) is 93.5 Å². The first-order valence-electron chi connectivity index (χ1n) is 7.47. The number of imidazole rings is 1. The van der Waals surface area contributed by atoms with E-state index in [4.69, 9.17) is 16.3 Å². The van der Waals surface area contributed by atoms with E-state index in [-0.39, 0.29) is 22.1 Å². The summed E-state index contributed by atoms with van der Waals surface area (Å²) in [5.74, 6) is 0.309. The van der Waals surface area contributed by atoms with E-state index in [2.05, 4.69) is 9.71 Å². The van der Waals surface area contributed by atoms with Crippen LogP contribution in [-0.2, 0) is 21.8 Å². The number of benzene rings is 1. The third-order valence-corrected chi connectivity index (χ3v) is 5.85. The van der Waals surface area contributed by atoms with Crippen LogP contribution in [0.4, 0.5) is 0 Å². The summed E-state index contributed by atoms with van der Waals surface area (Å²) in [6, 6.07) is 3.92. The Morgan fingerprint density at radius 2 is 2.25 bits per heavy atom. The monoisotopic (exact) mass is 371 g/mol. The number of ether oxygens (including phenoxy) is 1. The molecule has 1 aliphatic heterocycles. The average molecular weight is 372 g/mol. The highest BCUT2D eigenvalue weighted by atomic mass is 35.5. The molecule has 1 aliphatic rings. The summed E-state index contributed by atoms with van der Waals surface area (Å²) in [7, 11) is -2.02. The van der Waals surface area contributed by atoms with E-state index in [1.165, 1.54) is 18.2 Å². The van der Waals surface area contributed by atoms with Gasteiger partial charge in [0.2, 0.25) is 10.0 Å². The molecule has 0 spiro atoms.